The zero-order chi connectivity index (χ0) is 25.6. The van der Waals surface area contributed by atoms with Crippen molar-refractivity contribution in [3.8, 4) is 0 Å². The van der Waals surface area contributed by atoms with Gasteiger partial charge in [0.15, 0.2) is 11.4 Å². The van der Waals surface area contributed by atoms with Gasteiger partial charge in [-0.1, -0.05) is 20.4 Å². The van der Waals surface area contributed by atoms with Gasteiger partial charge in [-0.25, -0.2) is 0 Å². The quantitative estimate of drug-likeness (QED) is 0.343. The molecule has 2 saturated heterocycles. The summed E-state index contributed by atoms with van der Waals surface area (Å²) in [4.78, 5) is 49.3. The molecular weight excluding hydrogens is 440 g/mol. The Morgan fingerprint density at radius 3 is 2.21 bits per heavy atom. The maximum absolute atomic E-state index is 12.8. The maximum atomic E-state index is 12.8. The summed E-state index contributed by atoms with van der Waals surface area (Å²) in [5.74, 6) is -1.84. The Balaban J connectivity index is 2.21. The molecule has 2 bridgehead atoms. The van der Waals surface area contributed by atoms with E-state index in [0.29, 0.717) is 18.4 Å². The number of hydrogen-bond donors (Lipinski definition) is 0. The van der Waals surface area contributed by atoms with Crippen LogP contribution in [-0.4, -0.2) is 53.2 Å². The van der Waals surface area contributed by atoms with Gasteiger partial charge in [0.2, 0.25) is 0 Å². The first-order valence-corrected chi connectivity index (χ1v) is 12.1. The van der Waals surface area contributed by atoms with Crippen molar-refractivity contribution in [2.45, 2.75) is 104 Å². The summed E-state index contributed by atoms with van der Waals surface area (Å²) in [7, 11) is 0. The molecule has 8 heteroatoms. The molecule has 0 amide bonds. The number of carbonyl (C=O) groups excluding carboxylic acids is 4. The van der Waals surface area contributed by atoms with Gasteiger partial charge in [0.05, 0.1) is 6.10 Å². The fourth-order valence-electron chi connectivity index (χ4n) is 6.62. The van der Waals surface area contributed by atoms with Crippen LogP contribution in [0.25, 0.3) is 0 Å². The van der Waals surface area contributed by atoms with Crippen LogP contribution < -0.4 is 0 Å². The van der Waals surface area contributed by atoms with Crippen LogP contribution in [0.15, 0.2) is 12.2 Å². The number of carbonyl (C=O) groups is 4. The first-order chi connectivity index (χ1) is 15.7. The van der Waals surface area contributed by atoms with Crippen molar-refractivity contribution >= 4 is 23.7 Å². The second kappa shape index (κ2) is 9.44. The molecule has 3 aliphatic rings. The summed E-state index contributed by atoms with van der Waals surface area (Å²) in [5.41, 5.74) is -1.81. The molecule has 0 radical (unpaired) electrons. The molecule has 0 N–H and O–H groups in total. The maximum Gasteiger partial charge on any atom is 0.303 e. The van der Waals surface area contributed by atoms with E-state index in [2.05, 4.69) is 20.4 Å². The van der Waals surface area contributed by atoms with E-state index >= 15 is 0 Å². The Labute approximate surface area is 201 Å². The Bertz CT molecular complexity index is 878. The van der Waals surface area contributed by atoms with Gasteiger partial charge in [-0.15, -0.1) is 0 Å². The highest BCUT2D eigenvalue weighted by molar-refractivity contribution is 5.94. The second-order valence-corrected chi connectivity index (χ2v) is 10.9. The van der Waals surface area contributed by atoms with Crippen molar-refractivity contribution in [1.82, 2.24) is 0 Å². The third-order valence-corrected chi connectivity index (χ3v) is 7.97. The van der Waals surface area contributed by atoms with E-state index in [1.165, 1.54) is 20.8 Å². The van der Waals surface area contributed by atoms with E-state index in [-0.39, 0.29) is 36.4 Å². The Kier molecular flexibility index (Phi) is 7.32. The lowest BCUT2D eigenvalue weighted by Crippen LogP contribution is -2.63. The molecule has 2 heterocycles. The van der Waals surface area contributed by atoms with Crippen LogP contribution in [0.1, 0.15) is 74.1 Å². The molecule has 34 heavy (non-hydrogen) atoms. The average Bonchev–Trinajstić information content (AvgIpc) is 3.08. The number of esters is 3. The van der Waals surface area contributed by atoms with Crippen LogP contribution in [0.4, 0.5) is 0 Å². The van der Waals surface area contributed by atoms with Gasteiger partial charge < -0.3 is 18.9 Å². The minimum absolute atomic E-state index is 0.0336. The van der Waals surface area contributed by atoms with E-state index in [1.54, 1.807) is 6.92 Å². The lowest BCUT2D eigenvalue weighted by atomic mass is 9.56. The summed E-state index contributed by atoms with van der Waals surface area (Å²) in [6.07, 6.45) is -0.483. The number of ether oxygens (including phenoxy) is 4. The van der Waals surface area contributed by atoms with Crippen LogP contribution in [0.3, 0.4) is 0 Å². The zero-order valence-corrected chi connectivity index (χ0v) is 21.3. The summed E-state index contributed by atoms with van der Waals surface area (Å²) < 4.78 is 24.2. The molecule has 0 spiro atoms. The van der Waals surface area contributed by atoms with Gasteiger partial charge in [0.1, 0.15) is 17.8 Å². The summed E-state index contributed by atoms with van der Waals surface area (Å²) in [5, 5.41) is 0. The van der Waals surface area contributed by atoms with Crippen LogP contribution in [0.5, 0.6) is 0 Å². The molecule has 3 rings (SSSR count). The number of ketones is 1. The van der Waals surface area contributed by atoms with E-state index in [9.17, 15) is 19.2 Å². The second-order valence-electron chi connectivity index (χ2n) is 10.9. The standard InChI is InChI=1S/C26H38O8/c1-13(2)18-12-21(31-15(4)27)26(8,34-17(6)29)23-20-11-14(3)19(30)9-10-25(7,33-16(5)28)24(32-20)22(18)23/h13,18,20-24H,3,9-12H2,1-2,4-8H3/t18-,20+,21-,22-,23-,24+,25+,26+/m0/s1. The van der Waals surface area contributed by atoms with E-state index < -0.39 is 53.3 Å². The summed E-state index contributed by atoms with van der Waals surface area (Å²) in [6, 6.07) is 0. The van der Waals surface area contributed by atoms with Crippen molar-refractivity contribution in [2.75, 3.05) is 0 Å². The Morgan fingerprint density at radius 2 is 1.68 bits per heavy atom. The molecule has 0 unspecified atom stereocenters. The number of fused-ring (bicyclic) bond motifs is 5. The van der Waals surface area contributed by atoms with Crippen LogP contribution >= 0.6 is 0 Å². The van der Waals surface area contributed by atoms with Crippen molar-refractivity contribution < 1.29 is 38.1 Å². The highest BCUT2D eigenvalue weighted by Crippen LogP contribution is 2.58. The number of rotatable bonds is 4. The molecule has 0 aromatic rings. The molecule has 0 aromatic carbocycles. The predicted octanol–water partition coefficient (Wildman–Crippen LogP) is 3.55. The van der Waals surface area contributed by atoms with Crippen molar-refractivity contribution in [3.63, 3.8) is 0 Å². The third-order valence-electron chi connectivity index (χ3n) is 7.97. The van der Waals surface area contributed by atoms with Crippen LogP contribution in [0, 0.1) is 23.7 Å². The van der Waals surface area contributed by atoms with E-state index in [1.807, 2.05) is 6.92 Å². The molecule has 8 atom stereocenters. The minimum atomic E-state index is -1.19. The summed E-state index contributed by atoms with van der Waals surface area (Å²) in [6.45, 7) is 15.8. The molecule has 2 aliphatic heterocycles. The smallest absolute Gasteiger partial charge is 0.303 e. The molecule has 1 saturated carbocycles. The predicted molar refractivity (Wildman–Crippen MR) is 122 cm³/mol. The molecule has 0 aromatic heterocycles. The largest absolute Gasteiger partial charge is 0.458 e. The van der Waals surface area contributed by atoms with E-state index in [4.69, 9.17) is 18.9 Å². The minimum Gasteiger partial charge on any atom is -0.458 e. The highest BCUT2D eigenvalue weighted by atomic mass is 16.6. The summed E-state index contributed by atoms with van der Waals surface area (Å²) >= 11 is 0. The SMILES string of the molecule is C=C1C[C@H]2O[C@H]([C@@H]3[C@H]2[C@](C)(OC(C)=O)[C@@H](OC(C)=O)C[C@H]3C(C)C)[C@](C)(OC(C)=O)CCC1=O. The van der Waals surface area contributed by atoms with Crippen LogP contribution in [0.2, 0.25) is 0 Å². The molecule has 3 fully saturated rings. The van der Waals surface area contributed by atoms with Crippen molar-refractivity contribution in [1.29, 1.82) is 0 Å². The zero-order valence-electron chi connectivity index (χ0n) is 21.3. The first kappa shape index (κ1) is 26.4. The van der Waals surface area contributed by atoms with Gasteiger partial charge in [-0.3, -0.25) is 19.2 Å². The number of hydrogen-bond acceptors (Lipinski definition) is 8. The van der Waals surface area contributed by atoms with Crippen molar-refractivity contribution in [2.24, 2.45) is 23.7 Å². The van der Waals surface area contributed by atoms with Gasteiger partial charge >= 0.3 is 17.9 Å². The average molecular weight is 479 g/mol. The van der Waals surface area contributed by atoms with Crippen LogP contribution in [-0.2, 0) is 38.1 Å². The lowest BCUT2D eigenvalue weighted by molar-refractivity contribution is -0.215. The Hall–Kier alpha value is -2.22. The topological polar surface area (TPSA) is 105 Å². The number of Topliss-reactive ketones (excluding diaryl/α,β-unsaturated/α-hetero) is 1. The van der Waals surface area contributed by atoms with Gasteiger partial charge in [-0.05, 0) is 44.1 Å². The monoisotopic (exact) mass is 478 g/mol. The fraction of sp³-hybridized carbons (Fsp3) is 0.769. The van der Waals surface area contributed by atoms with E-state index in [0.717, 1.165) is 0 Å². The Morgan fingerprint density at radius 1 is 1.06 bits per heavy atom. The molecule has 8 nitrogen and oxygen atoms in total. The lowest BCUT2D eigenvalue weighted by Gasteiger charge is -2.53. The van der Waals surface area contributed by atoms with Gasteiger partial charge in [0, 0.05) is 45.4 Å². The van der Waals surface area contributed by atoms with Crippen molar-refractivity contribution in [3.05, 3.63) is 12.2 Å². The molecule has 190 valence electrons. The molecule has 1 aliphatic carbocycles. The highest BCUT2D eigenvalue weighted by Gasteiger charge is 2.67. The van der Waals surface area contributed by atoms with Gasteiger partial charge in [0.25, 0.3) is 0 Å². The molecular formula is C26H38O8. The van der Waals surface area contributed by atoms with Gasteiger partial charge in [-0.2, -0.15) is 0 Å². The fourth-order valence-corrected chi connectivity index (χ4v) is 6.62. The normalized spacial score (nSPS) is 40.0. The first-order valence-electron chi connectivity index (χ1n) is 12.1. The third kappa shape index (κ3) is 4.79.